The average molecular weight is 296 g/mol. The zero-order chi connectivity index (χ0) is 15.5. The molecule has 0 saturated heterocycles. The lowest BCUT2D eigenvalue weighted by atomic mass is 10.0. The number of nitrogen functional groups attached to an aromatic ring is 1. The highest BCUT2D eigenvalue weighted by Gasteiger charge is 2.66. The normalized spacial score (nSPS) is 20.9. The third-order valence-electron chi connectivity index (χ3n) is 5.13. The first-order valence-electron chi connectivity index (χ1n) is 6.80. The molecule has 3 N–H and O–H groups in total. The number of hydrogen-bond donors (Lipinski definition) is 2. The summed E-state index contributed by atoms with van der Waals surface area (Å²) in [5, 5.41) is 0. The van der Waals surface area contributed by atoms with E-state index in [0.717, 1.165) is 5.56 Å². The summed E-state index contributed by atoms with van der Waals surface area (Å²) in [6.45, 7) is 11.9. The lowest BCUT2D eigenvalue weighted by Crippen LogP contribution is -2.30. The van der Waals surface area contributed by atoms with Crippen LogP contribution in [0, 0.1) is 24.7 Å². The van der Waals surface area contributed by atoms with Gasteiger partial charge in [-0.2, -0.15) is 0 Å². The molecule has 0 amide bonds. The highest BCUT2D eigenvalue weighted by atomic mass is 32.2. The Labute approximate surface area is 121 Å². The van der Waals surface area contributed by atoms with Crippen LogP contribution in [0.5, 0.6) is 0 Å². The minimum Gasteiger partial charge on any atom is -0.398 e. The van der Waals surface area contributed by atoms with Crippen LogP contribution in [0.3, 0.4) is 0 Å². The second kappa shape index (κ2) is 4.21. The van der Waals surface area contributed by atoms with Crippen LogP contribution in [0.25, 0.3) is 0 Å². The van der Waals surface area contributed by atoms with E-state index in [1.54, 1.807) is 19.1 Å². The van der Waals surface area contributed by atoms with Gasteiger partial charge in [-0.3, -0.25) is 0 Å². The molecule has 1 aliphatic carbocycles. The molecule has 1 aromatic carbocycles. The summed E-state index contributed by atoms with van der Waals surface area (Å²) in [6, 6.07) is 3.41. The third-order valence-corrected chi connectivity index (χ3v) is 6.68. The number of nitrogens with one attached hydrogen (secondary N) is 1. The molecular weight excluding hydrogens is 272 g/mol. The van der Waals surface area contributed by atoms with Gasteiger partial charge >= 0.3 is 0 Å². The Kier molecular flexibility index (Phi) is 3.23. The maximum atomic E-state index is 12.6. The van der Waals surface area contributed by atoms with Crippen LogP contribution < -0.4 is 10.5 Å². The van der Waals surface area contributed by atoms with Gasteiger partial charge in [0.25, 0.3) is 0 Å². The number of aryl methyl sites for hydroxylation is 1. The van der Waals surface area contributed by atoms with Crippen LogP contribution in [0.4, 0.5) is 5.69 Å². The van der Waals surface area contributed by atoms with Crippen molar-refractivity contribution in [3.63, 3.8) is 0 Å². The molecule has 0 atom stereocenters. The number of sulfonamides is 1. The van der Waals surface area contributed by atoms with E-state index in [4.69, 9.17) is 5.73 Å². The van der Waals surface area contributed by atoms with Crippen molar-refractivity contribution in [3.8, 4) is 0 Å². The van der Waals surface area contributed by atoms with Crippen molar-refractivity contribution in [1.29, 1.82) is 0 Å². The first kappa shape index (κ1) is 15.3. The van der Waals surface area contributed by atoms with E-state index in [2.05, 4.69) is 32.4 Å². The van der Waals surface area contributed by atoms with E-state index >= 15 is 0 Å². The van der Waals surface area contributed by atoms with E-state index in [0.29, 0.717) is 11.3 Å². The van der Waals surface area contributed by atoms with Gasteiger partial charge in [0.05, 0.1) is 4.90 Å². The smallest absolute Gasteiger partial charge is 0.241 e. The summed E-state index contributed by atoms with van der Waals surface area (Å²) in [7, 11) is -3.54. The van der Waals surface area contributed by atoms with Gasteiger partial charge in [-0.05, 0) is 47.9 Å². The molecule has 0 heterocycles. The van der Waals surface area contributed by atoms with E-state index in [-0.39, 0.29) is 21.8 Å². The zero-order valence-corrected chi connectivity index (χ0v) is 13.9. The minimum absolute atomic E-state index is 0.0383. The molecule has 5 heteroatoms. The molecule has 1 saturated carbocycles. The fourth-order valence-electron chi connectivity index (χ4n) is 2.84. The number of anilines is 1. The van der Waals surface area contributed by atoms with Gasteiger partial charge in [-0.15, -0.1) is 0 Å². The second-order valence-corrected chi connectivity index (χ2v) is 8.66. The Bertz CT molecular complexity index is 647. The van der Waals surface area contributed by atoms with E-state index < -0.39 is 10.0 Å². The summed E-state index contributed by atoms with van der Waals surface area (Å²) in [4.78, 5) is 0.286. The van der Waals surface area contributed by atoms with Crippen LogP contribution in [0.15, 0.2) is 17.0 Å². The van der Waals surface area contributed by atoms with Gasteiger partial charge in [-0.1, -0.05) is 27.7 Å². The predicted octanol–water partition coefficient (Wildman–Crippen LogP) is 2.60. The zero-order valence-electron chi connectivity index (χ0n) is 13.0. The molecular formula is C15H24N2O2S. The van der Waals surface area contributed by atoms with Crippen LogP contribution in [-0.4, -0.2) is 14.5 Å². The van der Waals surface area contributed by atoms with Crippen LogP contribution in [-0.2, 0) is 10.0 Å². The highest BCUT2D eigenvalue weighted by Crippen LogP contribution is 2.63. The van der Waals surface area contributed by atoms with Crippen molar-refractivity contribution in [3.05, 3.63) is 23.3 Å². The Morgan fingerprint density at radius 2 is 1.60 bits per heavy atom. The maximum absolute atomic E-state index is 12.6. The van der Waals surface area contributed by atoms with E-state index in [1.165, 1.54) is 0 Å². The molecule has 0 bridgehead atoms. The molecule has 0 aliphatic heterocycles. The standard InChI is InChI=1S/C15H24N2O2S/c1-9-7-11(16)10(2)12(8-9)20(18,19)17-13-14(3,4)15(13,5)6/h7-8,13,17H,16H2,1-6H3. The number of hydrogen-bond acceptors (Lipinski definition) is 3. The summed E-state index contributed by atoms with van der Waals surface area (Å²) >= 11 is 0. The monoisotopic (exact) mass is 296 g/mol. The van der Waals surface area contributed by atoms with Crippen molar-refractivity contribution >= 4 is 15.7 Å². The summed E-state index contributed by atoms with van der Waals surface area (Å²) in [6.07, 6.45) is 0. The molecule has 0 unspecified atom stereocenters. The summed E-state index contributed by atoms with van der Waals surface area (Å²) in [5.41, 5.74) is 7.78. The first-order chi connectivity index (χ1) is 8.91. The van der Waals surface area contributed by atoms with E-state index in [1.807, 2.05) is 6.92 Å². The fraction of sp³-hybridized carbons (Fsp3) is 0.600. The molecule has 1 fully saturated rings. The second-order valence-electron chi connectivity index (χ2n) is 6.97. The van der Waals surface area contributed by atoms with Gasteiger partial charge in [-0.25, -0.2) is 13.1 Å². The van der Waals surface area contributed by atoms with Crippen molar-refractivity contribution < 1.29 is 8.42 Å². The van der Waals surface area contributed by atoms with Crippen LogP contribution in [0.1, 0.15) is 38.8 Å². The molecule has 1 aromatic rings. The Morgan fingerprint density at radius 3 is 2.05 bits per heavy atom. The Morgan fingerprint density at radius 1 is 1.10 bits per heavy atom. The SMILES string of the molecule is Cc1cc(N)c(C)c(S(=O)(=O)NC2C(C)(C)C2(C)C)c1. The molecule has 112 valence electrons. The van der Waals surface area contributed by atoms with Crippen molar-refractivity contribution in [1.82, 2.24) is 4.72 Å². The van der Waals surface area contributed by atoms with Gasteiger partial charge in [0.1, 0.15) is 0 Å². The maximum Gasteiger partial charge on any atom is 0.241 e. The van der Waals surface area contributed by atoms with Crippen molar-refractivity contribution in [2.24, 2.45) is 10.8 Å². The minimum atomic E-state index is -3.54. The lowest BCUT2D eigenvalue weighted by molar-refractivity contribution is 0.457. The van der Waals surface area contributed by atoms with E-state index in [9.17, 15) is 8.42 Å². The topological polar surface area (TPSA) is 72.2 Å². The molecule has 1 aliphatic rings. The van der Waals surface area contributed by atoms with Gasteiger partial charge < -0.3 is 5.73 Å². The molecule has 2 rings (SSSR count). The fourth-order valence-corrected chi connectivity index (χ4v) is 4.73. The highest BCUT2D eigenvalue weighted by molar-refractivity contribution is 7.89. The molecule has 0 radical (unpaired) electrons. The quantitative estimate of drug-likeness (QED) is 0.842. The molecule has 0 spiro atoms. The van der Waals surface area contributed by atoms with Crippen LogP contribution >= 0.6 is 0 Å². The first-order valence-corrected chi connectivity index (χ1v) is 8.28. The lowest BCUT2D eigenvalue weighted by Gasteiger charge is -2.13. The average Bonchev–Trinajstić information content (AvgIpc) is 2.65. The number of benzene rings is 1. The number of nitrogens with two attached hydrogens (primary N) is 1. The molecule has 4 nitrogen and oxygen atoms in total. The molecule has 20 heavy (non-hydrogen) atoms. The summed E-state index contributed by atoms with van der Waals surface area (Å²) in [5.74, 6) is 0. The number of rotatable bonds is 3. The van der Waals surface area contributed by atoms with Crippen LogP contribution in [0.2, 0.25) is 0 Å². The van der Waals surface area contributed by atoms with Gasteiger partial charge in [0.15, 0.2) is 0 Å². The molecule has 0 aromatic heterocycles. The Balaban J connectivity index is 2.39. The summed E-state index contributed by atoms with van der Waals surface area (Å²) < 4.78 is 28.1. The van der Waals surface area contributed by atoms with Gasteiger partial charge in [0, 0.05) is 11.7 Å². The van der Waals surface area contributed by atoms with Gasteiger partial charge in [0.2, 0.25) is 10.0 Å². The Hall–Kier alpha value is -1.07. The third kappa shape index (κ3) is 2.13. The van der Waals surface area contributed by atoms with Crippen molar-refractivity contribution in [2.75, 3.05) is 5.73 Å². The largest absolute Gasteiger partial charge is 0.398 e. The predicted molar refractivity (Wildman–Crippen MR) is 82.0 cm³/mol. The van der Waals surface area contributed by atoms with Crippen molar-refractivity contribution in [2.45, 2.75) is 52.5 Å².